The van der Waals surface area contributed by atoms with Crippen LogP contribution in [-0.2, 0) is 50.0 Å². The predicted molar refractivity (Wildman–Crippen MR) is 278 cm³/mol. The van der Waals surface area contributed by atoms with Crippen molar-refractivity contribution in [2.75, 3.05) is 47.8 Å². The maximum atomic E-state index is 14.6. The van der Waals surface area contributed by atoms with Gasteiger partial charge in [-0.3, -0.25) is 39.0 Å². The fourth-order valence-corrected chi connectivity index (χ4v) is 12.0. The molecule has 4 aromatic carbocycles. The Hall–Kier alpha value is -7.58. The molecule has 5 aliphatic rings. The summed E-state index contributed by atoms with van der Waals surface area (Å²) in [6.45, 7) is 4.08. The number of benzene rings is 4. The lowest BCUT2D eigenvalue weighted by Gasteiger charge is -2.28. The molecule has 1 aromatic heterocycles. The quantitative estimate of drug-likeness (QED) is 0.0487. The summed E-state index contributed by atoms with van der Waals surface area (Å²) in [5.74, 6) is -0.302. The molecule has 5 aromatic rings. The summed E-state index contributed by atoms with van der Waals surface area (Å²) in [7, 11) is 5.98. The Morgan fingerprint density at radius 2 is 1.34 bits per heavy atom. The maximum Gasteiger partial charge on any atom is 0.414 e. The molecule has 5 aliphatic heterocycles. The standard InChI is InChI=1S/C54H52N6O12S2/c1-54(2,74-73-20-10-17-50(63)72-60-48(61)18-19-49(60)62)31-71-53(66)57-28-37-22-33-12-6-8-16-42(33)59(37)52(65)39-24-45(68-4)47(26-43(39)57)70-30-35-14-9-13-34(56-35)29-69-46-25-40-38(23-44(46)67-3)51(64)58-36(27-55-40)21-32-11-5-7-15-41(32)58/h5-9,11-16,23-27,36-37H,10,17-22,28-31H2,1-4H3/t36-,37-/m0/s1. The number of imide groups is 1. The Labute approximate surface area is 434 Å². The Morgan fingerprint density at radius 1 is 0.716 bits per heavy atom. The third kappa shape index (κ3) is 10.2. The molecule has 1 fully saturated rings. The highest BCUT2D eigenvalue weighted by Crippen LogP contribution is 2.45. The number of hydrogen-bond acceptors (Lipinski definition) is 16. The minimum absolute atomic E-state index is 0.00858. The van der Waals surface area contributed by atoms with Crippen LogP contribution in [0.15, 0.2) is 96.0 Å². The van der Waals surface area contributed by atoms with Crippen LogP contribution in [-0.4, -0.2) is 102 Å². The van der Waals surface area contributed by atoms with E-state index in [2.05, 4.69) is 0 Å². The van der Waals surface area contributed by atoms with Crippen LogP contribution in [0.4, 0.5) is 27.5 Å². The van der Waals surface area contributed by atoms with Gasteiger partial charge in [-0.1, -0.05) is 64.1 Å². The van der Waals surface area contributed by atoms with Gasteiger partial charge in [0.05, 0.1) is 71.5 Å². The number of amides is 5. The normalized spacial score (nSPS) is 17.4. The van der Waals surface area contributed by atoms with Crippen LogP contribution in [0.25, 0.3) is 0 Å². The molecular weight excluding hydrogens is 989 g/mol. The van der Waals surface area contributed by atoms with Gasteiger partial charge in [-0.05, 0) is 74.2 Å². The fraction of sp³-hybridized carbons (Fsp3) is 0.333. The molecule has 0 radical (unpaired) electrons. The van der Waals surface area contributed by atoms with Crippen LogP contribution in [0.1, 0.15) is 82.8 Å². The molecule has 0 bridgehead atoms. The number of carbonyl (C=O) groups excluding carboxylic acids is 6. The average molecular weight is 1040 g/mol. The largest absolute Gasteiger partial charge is 0.493 e. The molecule has 6 heterocycles. The van der Waals surface area contributed by atoms with Crippen molar-refractivity contribution in [1.29, 1.82) is 0 Å². The number of nitrogens with zero attached hydrogens (tertiary/aromatic N) is 6. The Bertz CT molecular complexity index is 3100. The molecule has 0 aliphatic carbocycles. The molecule has 18 nitrogen and oxygen atoms in total. The van der Waals surface area contributed by atoms with Crippen molar-refractivity contribution in [2.24, 2.45) is 4.99 Å². The Kier molecular flexibility index (Phi) is 14.3. The smallest absolute Gasteiger partial charge is 0.414 e. The van der Waals surface area contributed by atoms with Gasteiger partial charge in [-0.25, -0.2) is 9.59 Å². The summed E-state index contributed by atoms with van der Waals surface area (Å²) in [6, 6.07) is 27.0. The second kappa shape index (κ2) is 21.1. The van der Waals surface area contributed by atoms with Gasteiger partial charge in [0.25, 0.3) is 23.6 Å². The number of carbonyl (C=O) groups is 6. The van der Waals surface area contributed by atoms with E-state index in [4.69, 9.17) is 38.5 Å². The van der Waals surface area contributed by atoms with Crippen LogP contribution in [0, 0.1) is 0 Å². The molecule has 10 rings (SSSR count). The second-order valence-corrected chi connectivity index (χ2v) is 21.9. The van der Waals surface area contributed by atoms with Crippen LogP contribution in [0.3, 0.4) is 0 Å². The first-order valence-electron chi connectivity index (χ1n) is 24.1. The maximum absolute atomic E-state index is 14.6. The van der Waals surface area contributed by atoms with Gasteiger partial charge in [-0.2, -0.15) is 0 Å². The van der Waals surface area contributed by atoms with E-state index in [1.807, 2.05) is 74.5 Å². The molecule has 0 spiro atoms. The second-order valence-electron chi connectivity index (χ2n) is 18.7. The Morgan fingerprint density at radius 3 is 2.03 bits per heavy atom. The van der Waals surface area contributed by atoms with Gasteiger partial charge < -0.3 is 33.4 Å². The number of hydroxylamine groups is 2. The first kappa shape index (κ1) is 50.0. The molecule has 1 saturated heterocycles. The molecule has 20 heteroatoms. The lowest BCUT2D eigenvalue weighted by atomic mass is 10.1. The lowest BCUT2D eigenvalue weighted by molar-refractivity contribution is -0.197. The molecule has 2 atom stereocenters. The van der Waals surface area contributed by atoms with E-state index in [0.717, 1.165) is 22.5 Å². The molecule has 0 N–H and O–H groups in total. The highest BCUT2D eigenvalue weighted by molar-refractivity contribution is 8.77. The van der Waals surface area contributed by atoms with E-state index in [0.29, 0.717) is 69.9 Å². The fourth-order valence-electron chi connectivity index (χ4n) is 9.51. The van der Waals surface area contributed by atoms with E-state index < -0.39 is 28.6 Å². The zero-order valence-corrected chi connectivity index (χ0v) is 42.7. The summed E-state index contributed by atoms with van der Waals surface area (Å²) >= 11 is 0. The first-order chi connectivity index (χ1) is 35.8. The molecule has 5 amide bonds. The van der Waals surface area contributed by atoms with Gasteiger partial charge in [0.2, 0.25) is 0 Å². The van der Waals surface area contributed by atoms with Crippen LogP contribution in [0.5, 0.6) is 23.0 Å². The summed E-state index contributed by atoms with van der Waals surface area (Å²) in [5, 5.41) is 0.545. The summed E-state index contributed by atoms with van der Waals surface area (Å²) in [5.41, 5.74) is 6.29. The van der Waals surface area contributed by atoms with Crippen molar-refractivity contribution in [3.8, 4) is 23.0 Å². The predicted octanol–water partition coefficient (Wildman–Crippen LogP) is 8.62. The number of ether oxygens (including phenoxy) is 5. The van der Waals surface area contributed by atoms with Crippen LogP contribution < -0.4 is 33.6 Å². The number of aromatic nitrogens is 1. The van der Waals surface area contributed by atoms with Gasteiger partial charge in [0, 0.05) is 61.2 Å². The topological polar surface area (TPSA) is 196 Å². The zero-order chi connectivity index (χ0) is 51.7. The van der Waals surface area contributed by atoms with Crippen LogP contribution in [0.2, 0.25) is 0 Å². The van der Waals surface area contributed by atoms with E-state index in [9.17, 15) is 28.8 Å². The number of fused-ring (bicyclic) bond motifs is 8. The minimum Gasteiger partial charge on any atom is -0.493 e. The van der Waals surface area contributed by atoms with Gasteiger partial charge in [0.1, 0.15) is 19.8 Å². The average Bonchev–Trinajstić information content (AvgIpc) is 4.02. The van der Waals surface area contributed by atoms with Crippen molar-refractivity contribution in [1.82, 2.24) is 10.0 Å². The summed E-state index contributed by atoms with van der Waals surface area (Å²) < 4.78 is 29.6. The number of anilines is 3. The van der Waals surface area contributed by atoms with E-state index in [1.165, 1.54) is 40.7 Å². The highest BCUT2D eigenvalue weighted by atomic mass is 33.1. The molecule has 382 valence electrons. The summed E-state index contributed by atoms with van der Waals surface area (Å²) in [4.78, 5) is 98.3. The third-order valence-electron chi connectivity index (χ3n) is 13.1. The van der Waals surface area contributed by atoms with E-state index >= 15 is 0 Å². The highest BCUT2D eigenvalue weighted by Gasteiger charge is 2.43. The SMILES string of the molecule is COc1cc2c(cc1OCc1cccc(COc3cc4c(cc3OC)C(=O)N3c5ccccc5C[C@H]3CN4C(=O)OCC(C)(C)SSCCCC(=O)ON3C(=O)CCC3=O)n1)N=C[C@@H]1Cc3ccccc3N1C2=O. The van der Waals surface area contributed by atoms with Crippen LogP contribution >= 0.6 is 21.6 Å². The summed E-state index contributed by atoms with van der Waals surface area (Å²) in [6.07, 6.45) is 2.88. The van der Waals surface area contributed by atoms with Crippen molar-refractivity contribution >= 4 is 86.2 Å². The number of para-hydroxylation sites is 2. The van der Waals surface area contributed by atoms with E-state index in [-0.39, 0.29) is 86.6 Å². The van der Waals surface area contributed by atoms with Crippen molar-refractivity contribution in [3.05, 3.63) is 125 Å². The Balaban J connectivity index is 0.815. The molecule has 74 heavy (non-hydrogen) atoms. The number of hydrogen-bond donors (Lipinski definition) is 0. The number of methoxy groups -OCH3 is 2. The zero-order valence-electron chi connectivity index (χ0n) is 41.1. The van der Waals surface area contributed by atoms with Crippen molar-refractivity contribution in [2.45, 2.75) is 82.4 Å². The number of aliphatic imine (C=N–C) groups is 1. The molecule has 0 saturated carbocycles. The third-order valence-corrected chi connectivity index (χ3v) is 16.4. The minimum atomic E-state index is -0.657. The van der Waals surface area contributed by atoms with Crippen molar-refractivity contribution < 1.29 is 57.3 Å². The van der Waals surface area contributed by atoms with Gasteiger partial charge in [0.15, 0.2) is 23.0 Å². The number of pyridine rings is 1. The molecule has 0 unspecified atom stereocenters. The van der Waals surface area contributed by atoms with E-state index in [1.54, 1.807) is 46.3 Å². The number of rotatable bonds is 17. The van der Waals surface area contributed by atoms with Gasteiger partial charge in [-0.15, -0.1) is 5.06 Å². The first-order valence-corrected chi connectivity index (χ1v) is 26.4. The molecular formula is C54H52N6O12S2. The monoisotopic (exact) mass is 1040 g/mol. The van der Waals surface area contributed by atoms with Crippen molar-refractivity contribution in [3.63, 3.8) is 0 Å². The van der Waals surface area contributed by atoms with Gasteiger partial charge >= 0.3 is 12.1 Å². The lowest BCUT2D eigenvalue weighted by Crippen LogP contribution is -2.44.